The predicted molar refractivity (Wildman–Crippen MR) is 128 cm³/mol. The van der Waals surface area contributed by atoms with E-state index in [-0.39, 0.29) is 29.6 Å². The monoisotopic (exact) mass is 463 g/mol. The first-order valence-corrected chi connectivity index (χ1v) is 14.7. The van der Waals surface area contributed by atoms with Gasteiger partial charge in [-0.05, 0) is 42.5 Å². The lowest BCUT2D eigenvalue weighted by molar-refractivity contribution is -0.0758. The zero-order valence-electron chi connectivity index (χ0n) is 20.6. The van der Waals surface area contributed by atoms with Crippen LogP contribution in [0, 0.1) is 11.8 Å². The maximum absolute atomic E-state index is 13.3. The minimum absolute atomic E-state index is 0.0555. The fourth-order valence-electron chi connectivity index (χ4n) is 4.68. The van der Waals surface area contributed by atoms with Crippen LogP contribution in [0.1, 0.15) is 45.6 Å². The highest BCUT2D eigenvalue weighted by atomic mass is 28.4. The molecular formula is C25H41NO5Si. The average Bonchev–Trinajstić information content (AvgIpc) is 2.96. The molecule has 3 atom stereocenters. The van der Waals surface area contributed by atoms with Crippen LogP contribution in [0.4, 0.5) is 4.79 Å². The Morgan fingerprint density at radius 2 is 1.91 bits per heavy atom. The number of hydrogen-bond acceptors (Lipinski definition) is 5. The Kier molecular flexibility index (Phi) is 7.75. The van der Waals surface area contributed by atoms with Crippen molar-refractivity contribution in [2.24, 2.45) is 11.8 Å². The van der Waals surface area contributed by atoms with Gasteiger partial charge in [-0.15, -0.1) is 0 Å². The highest BCUT2D eigenvalue weighted by Crippen LogP contribution is 2.50. The summed E-state index contributed by atoms with van der Waals surface area (Å²) in [6.07, 6.45) is 2.41. The number of amides is 1. The Bertz CT molecular complexity index is 761. The van der Waals surface area contributed by atoms with Crippen LogP contribution < -0.4 is 0 Å². The molecule has 6 nitrogen and oxygen atoms in total. The van der Waals surface area contributed by atoms with Crippen molar-refractivity contribution in [2.75, 3.05) is 26.9 Å². The van der Waals surface area contributed by atoms with E-state index in [4.69, 9.17) is 13.9 Å². The number of cyclic esters (lactones) is 1. The van der Waals surface area contributed by atoms with Crippen molar-refractivity contribution in [3.8, 4) is 0 Å². The smallest absolute Gasteiger partial charge is 0.411 e. The Morgan fingerprint density at radius 3 is 2.41 bits per heavy atom. The van der Waals surface area contributed by atoms with Gasteiger partial charge in [0.1, 0.15) is 11.6 Å². The second-order valence-electron chi connectivity index (χ2n) is 10.9. The first-order chi connectivity index (χ1) is 15.1. The molecule has 1 aromatic rings. The van der Waals surface area contributed by atoms with Crippen molar-refractivity contribution in [3.63, 3.8) is 0 Å². The van der Waals surface area contributed by atoms with E-state index in [9.17, 15) is 9.90 Å². The molecule has 1 N–H and O–H groups in total. The first kappa shape index (κ1) is 25.2. The van der Waals surface area contributed by atoms with E-state index >= 15 is 0 Å². The van der Waals surface area contributed by atoms with E-state index in [0.29, 0.717) is 19.8 Å². The van der Waals surface area contributed by atoms with E-state index in [1.54, 1.807) is 7.11 Å². The van der Waals surface area contributed by atoms with Gasteiger partial charge in [-0.3, -0.25) is 4.90 Å². The molecule has 1 aliphatic carbocycles. The third kappa shape index (κ3) is 4.76. The maximum atomic E-state index is 13.3. The Hall–Kier alpha value is -1.41. The molecule has 7 heteroatoms. The van der Waals surface area contributed by atoms with Crippen LogP contribution >= 0.6 is 0 Å². The van der Waals surface area contributed by atoms with Gasteiger partial charge in [-0.1, -0.05) is 57.5 Å². The molecule has 0 radical (unpaired) electrons. The van der Waals surface area contributed by atoms with E-state index in [1.807, 2.05) is 35.2 Å². The van der Waals surface area contributed by atoms with Gasteiger partial charge < -0.3 is 19.0 Å². The summed E-state index contributed by atoms with van der Waals surface area (Å²) in [4.78, 5) is 15.2. The molecule has 1 aliphatic heterocycles. The number of nitrogens with zero attached hydrogens (tertiary/aromatic N) is 1. The van der Waals surface area contributed by atoms with Crippen molar-refractivity contribution < 1.29 is 23.8 Å². The topological polar surface area (TPSA) is 68.2 Å². The molecule has 1 saturated heterocycles. The SMILES string of the molecule is COC[C@@H](CO)[C@H]1OC(=O)N(Cc2ccccc2)[C@]1(CO[Si](C)(C)C(C)(C)C)C1CCC1. The number of rotatable bonds is 10. The van der Waals surface area contributed by atoms with Crippen LogP contribution in [0.25, 0.3) is 0 Å². The molecule has 2 aliphatic rings. The van der Waals surface area contributed by atoms with Crippen molar-refractivity contribution in [1.29, 1.82) is 0 Å². The fourth-order valence-corrected chi connectivity index (χ4v) is 5.71. The number of methoxy groups -OCH3 is 1. The highest BCUT2D eigenvalue weighted by Gasteiger charge is 2.62. The van der Waals surface area contributed by atoms with Crippen molar-refractivity contribution in [1.82, 2.24) is 4.90 Å². The molecule has 3 rings (SSSR count). The van der Waals surface area contributed by atoms with Crippen LogP contribution in [0.15, 0.2) is 30.3 Å². The number of hydrogen-bond donors (Lipinski definition) is 1. The van der Waals surface area contributed by atoms with Crippen molar-refractivity contribution in [3.05, 3.63) is 35.9 Å². The summed E-state index contributed by atoms with van der Waals surface area (Å²) in [7, 11) is -0.455. The standard InChI is InChI=1S/C25H41NO5Si/c1-24(2,3)32(5,6)30-18-25(21-13-10-14-21)22(20(16-27)17-29-4)31-23(28)26(25)15-19-11-8-7-9-12-19/h7-9,11-12,20-22,27H,10,13-18H2,1-6H3/t20-,22-,25-/m1/s1. The molecule has 2 fully saturated rings. The van der Waals surface area contributed by atoms with Gasteiger partial charge in [-0.25, -0.2) is 4.79 Å². The molecule has 0 unspecified atom stereocenters. The van der Waals surface area contributed by atoms with Gasteiger partial charge in [0.25, 0.3) is 0 Å². The molecule has 32 heavy (non-hydrogen) atoms. The molecule has 1 amide bonds. The molecular weight excluding hydrogens is 422 g/mol. The molecule has 0 bridgehead atoms. The summed E-state index contributed by atoms with van der Waals surface area (Å²) >= 11 is 0. The largest absolute Gasteiger partial charge is 0.443 e. The normalized spacial score (nSPS) is 25.5. The third-order valence-electron chi connectivity index (χ3n) is 7.95. The molecule has 1 saturated carbocycles. The van der Waals surface area contributed by atoms with Gasteiger partial charge in [0.05, 0.1) is 19.8 Å². The Balaban J connectivity index is 2.04. The third-order valence-corrected chi connectivity index (χ3v) is 12.4. The maximum Gasteiger partial charge on any atom is 0.411 e. The molecule has 0 spiro atoms. The lowest BCUT2D eigenvalue weighted by Crippen LogP contribution is -2.64. The molecule has 1 heterocycles. The lowest BCUT2D eigenvalue weighted by Gasteiger charge is -2.51. The molecule has 180 valence electrons. The van der Waals surface area contributed by atoms with E-state index in [1.165, 1.54) is 0 Å². The van der Waals surface area contributed by atoms with Crippen LogP contribution in [0.5, 0.6) is 0 Å². The fraction of sp³-hybridized carbons (Fsp3) is 0.720. The van der Waals surface area contributed by atoms with Crippen molar-refractivity contribution >= 4 is 14.4 Å². The van der Waals surface area contributed by atoms with Gasteiger partial charge in [-0.2, -0.15) is 0 Å². The minimum Gasteiger partial charge on any atom is -0.443 e. The van der Waals surface area contributed by atoms with Gasteiger partial charge >= 0.3 is 6.09 Å². The minimum atomic E-state index is -2.08. The summed E-state index contributed by atoms with van der Waals surface area (Å²) in [5.74, 6) is -0.0216. The number of aliphatic hydroxyl groups is 1. The average molecular weight is 464 g/mol. The van der Waals surface area contributed by atoms with Crippen LogP contribution in [-0.2, 0) is 20.4 Å². The van der Waals surface area contributed by atoms with Crippen LogP contribution in [0.2, 0.25) is 18.1 Å². The quantitative estimate of drug-likeness (QED) is 0.504. The number of ether oxygens (including phenoxy) is 2. The summed E-state index contributed by atoms with van der Waals surface area (Å²) in [5.41, 5.74) is 0.445. The first-order valence-electron chi connectivity index (χ1n) is 11.8. The Labute approximate surface area is 194 Å². The number of carbonyl (C=O) groups excluding carboxylic acids is 1. The second-order valence-corrected chi connectivity index (χ2v) is 15.8. The zero-order chi connectivity index (χ0) is 23.6. The van der Waals surface area contributed by atoms with Crippen molar-refractivity contribution in [2.45, 2.75) is 76.4 Å². The highest BCUT2D eigenvalue weighted by molar-refractivity contribution is 6.74. The predicted octanol–water partition coefficient (Wildman–Crippen LogP) is 4.82. The number of benzene rings is 1. The van der Waals surface area contributed by atoms with E-state index < -0.39 is 20.0 Å². The second kappa shape index (κ2) is 9.83. The summed E-state index contributed by atoms with van der Waals surface area (Å²) in [6.45, 7) is 12.3. The van der Waals surface area contributed by atoms with Gasteiger partial charge in [0.2, 0.25) is 0 Å². The van der Waals surface area contributed by atoms with Gasteiger partial charge in [0.15, 0.2) is 8.32 Å². The van der Waals surface area contributed by atoms with E-state index in [0.717, 1.165) is 24.8 Å². The number of aliphatic hydroxyl groups excluding tert-OH is 1. The summed E-state index contributed by atoms with van der Waals surface area (Å²) in [6, 6.07) is 10.0. The number of carbonyl (C=O) groups is 1. The van der Waals surface area contributed by atoms with Crippen LogP contribution in [0.3, 0.4) is 0 Å². The molecule has 1 aromatic carbocycles. The summed E-state index contributed by atoms with van der Waals surface area (Å²) < 4.78 is 18.3. The van der Waals surface area contributed by atoms with Crippen LogP contribution in [-0.4, -0.2) is 63.0 Å². The lowest BCUT2D eigenvalue weighted by atomic mass is 9.65. The summed E-state index contributed by atoms with van der Waals surface area (Å²) in [5, 5.41) is 10.3. The zero-order valence-corrected chi connectivity index (χ0v) is 21.6. The van der Waals surface area contributed by atoms with E-state index in [2.05, 4.69) is 33.9 Å². The Morgan fingerprint density at radius 1 is 1.25 bits per heavy atom. The molecule has 0 aromatic heterocycles. The van der Waals surface area contributed by atoms with Gasteiger partial charge in [0, 0.05) is 19.6 Å².